The summed E-state index contributed by atoms with van der Waals surface area (Å²) in [6, 6.07) is 8.21. The van der Waals surface area contributed by atoms with E-state index >= 15 is 0 Å². The van der Waals surface area contributed by atoms with Crippen molar-refractivity contribution in [1.82, 2.24) is 20.2 Å². The average Bonchev–Trinajstić information content (AvgIpc) is 3.25. The number of hydrogen-bond donors (Lipinski definition) is 1. The third kappa shape index (κ3) is 3.87. The van der Waals surface area contributed by atoms with Gasteiger partial charge >= 0.3 is 0 Å². The second-order valence-corrected chi connectivity index (χ2v) is 9.27. The Morgan fingerprint density at radius 1 is 1.14 bits per heavy atom. The Bertz CT molecular complexity index is 1180. The van der Waals surface area contributed by atoms with E-state index in [4.69, 9.17) is 4.42 Å². The van der Waals surface area contributed by atoms with E-state index in [-0.39, 0.29) is 5.56 Å². The molecule has 1 N–H and O–H groups in total. The zero-order valence-corrected chi connectivity index (χ0v) is 18.1. The minimum Gasteiger partial charge on any atom is -0.415 e. The van der Waals surface area contributed by atoms with Gasteiger partial charge in [-0.3, -0.25) is 4.79 Å². The summed E-state index contributed by atoms with van der Waals surface area (Å²) in [6.07, 6.45) is 1.98. The Balaban J connectivity index is 1.63. The molecular weight excluding hydrogens is 412 g/mol. The van der Waals surface area contributed by atoms with Gasteiger partial charge < -0.3 is 9.40 Å². The van der Waals surface area contributed by atoms with Gasteiger partial charge in [-0.25, -0.2) is 4.98 Å². The van der Waals surface area contributed by atoms with Gasteiger partial charge in [0.25, 0.3) is 10.8 Å². The van der Waals surface area contributed by atoms with Crippen LogP contribution in [0.3, 0.4) is 0 Å². The summed E-state index contributed by atoms with van der Waals surface area (Å²) in [5.41, 5.74) is 3.07. The smallest absolute Gasteiger partial charge is 0.277 e. The van der Waals surface area contributed by atoms with Crippen molar-refractivity contribution >= 4 is 45.1 Å². The molecule has 6 nitrogen and oxygen atoms in total. The van der Waals surface area contributed by atoms with Crippen molar-refractivity contribution in [3.63, 3.8) is 0 Å². The standard InChI is InChI=1S/C19H18N4O2S3/c1-10-4-6-12(7-5-10)15-11(2)28-18-16(15)17(24)20-13(21-18)8-27-19-23-22-14(25-19)9-26-3/h4-7H,8-9H2,1-3H3,(H,20,21,24). The number of H-pyrrole nitrogens is 1. The Kier molecular flexibility index (Phi) is 5.56. The van der Waals surface area contributed by atoms with Crippen LogP contribution in [0.2, 0.25) is 0 Å². The molecule has 28 heavy (non-hydrogen) atoms. The number of thioether (sulfide) groups is 2. The SMILES string of the molecule is CSCc1nnc(SCc2nc3sc(C)c(-c4ccc(C)cc4)c3c(=O)[nH]2)o1. The van der Waals surface area contributed by atoms with Gasteiger partial charge in [0.1, 0.15) is 10.7 Å². The van der Waals surface area contributed by atoms with E-state index in [0.717, 1.165) is 20.8 Å². The summed E-state index contributed by atoms with van der Waals surface area (Å²) in [4.78, 5) is 22.2. The first-order valence-corrected chi connectivity index (χ1v) is 11.8. The maximum Gasteiger partial charge on any atom is 0.277 e. The molecule has 9 heteroatoms. The number of aromatic amines is 1. The zero-order chi connectivity index (χ0) is 19.7. The van der Waals surface area contributed by atoms with Crippen LogP contribution in [0.15, 0.2) is 38.7 Å². The summed E-state index contributed by atoms with van der Waals surface area (Å²) in [6.45, 7) is 4.08. The highest BCUT2D eigenvalue weighted by Crippen LogP contribution is 2.35. The Morgan fingerprint density at radius 3 is 2.68 bits per heavy atom. The monoisotopic (exact) mass is 430 g/mol. The Hall–Kier alpha value is -2.10. The van der Waals surface area contributed by atoms with Crippen LogP contribution in [0.25, 0.3) is 21.3 Å². The number of hydrogen-bond acceptors (Lipinski definition) is 8. The third-order valence-corrected chi connectivity index (χ3v) is 6.54. The topological polar surface area (TPSA) is 84.7 Å². The van der Waals surface area contributed by atoms with Gasteiger partial charge in [0.2, 0.25) is 5.89 Å². The van der Waals surface area contributed by atoms with Crippen LogP contribution < -0.4 is 5.56 Å². The first-order chi connectivity index (χ1) is 13.5. The molecule has 4 rings (SSSR count). The quantitative estimate of drug-likeness (QED) is 0.440. The van der Waals surface area contributed by atoms with Crippen molar-refractivity contribution in [2.75, 3.05) is 6.26 Å². The molecule has 0 atom stereocenters. The van der Waals surface area contributed by atoms with Gasteiger partial charge in [-0.05, 0) is 25.7 Å². The van der Waals surface area contributed by atoms with E-state index in [1.165, 1.54) is 17.3 Å². The number of fused-ring (bicyclic) bond motifs is 1. The number of aryl methyl sites for hydroxylation is 2. The predicted octanol–water partition coefficient (Wildman–Crippen LogP) is 4.81. The van der Waals surface area contributed by atoms with Crippen molar-refractivity contribution in [1.29, 1.82) is 0 Å². The third-order valence-electron chi connectivity index (χ3n) is 4.18. The lowest BCUT2D eigenvalue weighted by Gasteiger charge is -2.03. The summed E-state index contributed by atoms with van der Waals surface area (Å²) in [7, 11) is 0. The van der Waals surface area contributed by atoms with Gasteiger partial charge in [-0.2, -0.15) is 11.8 Å². The molecule has 1 aromatic carbocycles. The van der Waals surface area contributed by atoms with Crippen LogP contribution >= 0.6 is 34.9 Å². The van der Waals surface area contributed by atoms with E-state index in [1.54, 1.807) is 23.1 Å². The molecule has 0 aliphatic carbocycles. The molecule has 0 amide bonds. The minimum atomic E-state index is -0.117. The largest absolute Gasteiger partial charge is 0.415 e. The van der Waals surface area contributed by atoms with E-state index in [2.05, 4.69) is 44.4 Å². The predicted molar refractivity (Wildman–Crippen MR) is 116 cm³/mol. The molecule has 0 spiro atoms. The highest BCUT2D eigenvalue weighted by Gasteiger charge is 2.17. The maximum atomic E-state index is 12.8. The first-order valence-electron chi connectivity index (χ1n) is 8.58. The van der Waals surface area contributed by atoms with Crippen LogP contribution in [-0.2, 0) is 11.5 Å². The molecule has 0 unspecified atom stereocenters. The number of nitrogens with zero attached hydrogens (tertiary/aromatic N) is 3. The fraction of sp³-hybridized carbons (Fsp3) is 0.263. The maximum absolute atomic E-state index is 12.8. The van der Waals surface area contributed by atoms with Gasteiger partial charge in [-0.15, -0.1) is 21.5 Å². The van der Waals surface area contributed by atoms with Crippen molar-refractivity contribution in [3.05, 3.63) is 56.8 Å². The van der Waals surface area contributed by atoms with E-state index in [9.17, 15) is 4.79 Å². The minimum absolute atomic E-state index is 0.117. The summed E-state index contributed by atoms with van der Waals surface area (Å²) >= 11 is 4.54. The molecule has 0 aliphatic rings. The summed E-state index contributed by atoms with van der Waals surface area (Å²) in [5, 5.41) is 9.14. The molecule has 144 valence electrons. The number of thiophene rings is 1. The lowest BCUT2D eigenvalue weighted by molar-refractivity contribution is 0.426. The molecule has 3 heterocycles. The number of benzene rings is 1. The van der Waals surface area contributed by atoms with Gasteiger partial charge in [0.05, 0.1) is 16.9 Å². The van der Waals surface area contributed by atoms with E-state index in [0.29, 0.717) is 33.8 Å². The zero-order valence-electron chi connectivity index (χ0n) is 15.6. The molecule has 3 aromatic heterocycles. The molecule has 0 fully saturated rings. The first kappa shape index (κ1) is 19.2. The van der Waals surface area contributed by atoms with Crippen molar-refractivity contribution in [3.8, 4) is 11.1 Å². The van der Waals surface area contributed by atoms with Crippen molar-refractivity contribution in [2.45, 2.75) is 30.6 Å². The van der Waals surface area contributed by atoms with E-state index < -0.39 is 0 Å². The van der Waals surface area contributed by atoms with Crippen LogP contribution in [-0.4, -0.2) is 26.4 Å². The molecule has 0 saturated heterocycles. The van der Waals surface area contributed by atoms with Crippen LogP contribution in [0.4, 0.5) is 0 Å². The Morgan fingerprint density at radius 2 is 1.93 bits per heavy atom. The number of nitrogens with one attached hydrogen (secondary N) is 1. The summed E-state index contributed by atoms with van der Waals surface area (Å²) in [5.74, 6) is 2.35. The molecule has 4 aromatic rings. The highest BCUT2D eigenvalue weighted by molar-refractivity contribution is 7.98. The molecule has 0 aliphatic heterocycles. The van der Waals surface area contributed by atoms with E-state index in [1.807, 2.05) is 20.1 Å². The lowest BCUT2D eigenvalue weighted by Crippen LogP contribution is -2.10. The fourth-order valence-electron chi connectivity index (χ4n) is 2.91. The van der Waals surface area contributed by atoms with Crippen molar-refractivity contribution < 1.29 is 4.42 Å². The number of rotatable bonds is 6. The Labute approximate surface area is 174 Å². The van der Waals surface area contributed by atoms with Crippen LogP contribution in [0.5, 0.6) is 0 Å². The average molecular weight is 431 g/mol. The second kappa shape index (κ2) is 8.10. The van der Waals surface area contributed by atoms with Crippen LogP contribution in [0, 0.1) is 13.8 Å². The van der Waals surface area contributed by atoms with Crippen molar-refractivity contribution in [2.24, 2.45) is 0 Å². The molecule has 0 saturated carbocycles. The normalized spacial score (nSPS) is 11.4. The van der Waals surface area contributed by atoms with Gasteiger partial charge in [-0.1, -0.05) is 41.6 Å². The van der Waals surface area contributed by atoms with Gasteiger partial charge in [0, 0.05) is 10.4 Å². The van der Waals surface area contributed by atoms with Crippen LogP contribution in [0.1, 0.15) is 22.2 Å². The molecule has 0 radical (unpaired) electrons. The molecule has 0 bridgehead atoms. The highest BCUT2D eigenvalue weighted by atomic mass is 32.2. The fourth-order valence-corrected chi connectivity index (χ4v) is 4.99. The molecular formula is C19H18N4O2S3. The lowest BCUT2D eigenvalue weighted by atomic mass is 10.0. The number of aromatic nitrogens is 4. The second-order valence-electron chi connectivity index (χ2n) is 6.28. The summed E-state index contributed by atoms with van der Waals surface area (Å²) < 4.78 is 5.56. The van der Waals surface area contributed by atoms with Gasteiger partial charge in [0.15, 0.2) is 0 Å².